The molecule has 0 aromatic carbocycles. The highest BCUT2D eigenvalue weighted by molar-refractivity contribution is 4.60. The van der Waals surface area contributed by atoms with Crippen molar-refractivity contribution in [1.29, 1.82) is 0 Å². The van der Waals surface area contributed by atoms with E-state index in [0.29, 0.717) is 0 Å². The summed E-state index contributed by atoms with van der Waals surface area (Å²) in [4.78, 5) is 0. The van der Waals surface area contributed by atoms with E-state index in [1.807, 2.05) is 0 Å². The maximum atomic E-state index is 6.43. The van der Waals surface area contributed by atoms with Gasteiger partial charge in [-0.25, -0.2) is 0 Å². The van der Waals surface area contributed by atoms with Gasteiger partial charge in [-0.1, -0.05) is 155 Å². The van der Waals surface area contributed by atoms with Gasteiger partial charge in [0.1, 0.15) is 25.7 Å². The number of ether oxygens (including phenoxy) is 3. The number of hydrogen-bond acceptors (Lipinski definition) is 3. The summed E-state index contributed by atoms with van der Waals surface area (Å²) in [5.41, 5.74) is 0. The number of quaternary nitrogens is 1. The number of unbranched alkanes of at least 4 members (excludes halogenated alkanes) is 22. The van der Waals surface area contributed by atoms with Crippen LogP contribution < -0.4 is 0 Å². The first-order chi connectivity index (χ1) is 19.7. The molecule has 0 aromatic heterocycles. The molecule has 1 aliphatic heterocycles. The van der Waals surface area contributed by atoms with Crippen molar-refractivity contribution in [3.8, 4) is 0 Å². The quantitative estimate of drug-likeness (QED) is 0.0615. The van der Waals surface area contributed by atoms with Crippen molar-refractivity contribution in [3.63, 3.8) is 0 Å². The van der Waals surface area contributed by atoms with Gasteiger partial charge in [-0.2, -0.15) is 0 Å². The molecule has 0 radical (unpaired) electrons. The third-order valence-corrected chi connectivity index (χ3v) is 8.99. The second-order valence-electron chi connectivity index (χ2n) is 13.2. The average Bonchev–Trinajstić information content (AvgIpc) is 2.95. The van der Waals surface area contributed by atoms with Gasteiger partial charge in [0, 0.05) is 13.2 Å². The number of likely N-dealkylation sites (N-methyl/N-ethyl adjacent to an activating group) is 1. The van der Waals surface area contributed by atoms with Crippen LogP contribution in [-0.4, -0.2) is 70.3 Å². The molecule has 40 heavy (non-hydrogen) atoms. The van der Waals surface area contributed by atoms with Gasteiger partial charge in [0.2, 0.25) is 0 Å². The lowest BCUT2D eigenvalue weighted by atomic mass is 10.1. The van der Waals surface area contributed by atoms with E-state index < -0.39 is 0 Å². The van der Waals surface area contributed by atoms with Gasteiger partial charge in [0.15, 0.2) is 0 Å². The van der Waals surface area contributed by atoms with Crippen LogP contribution in [0.2, 0.25) is 0 Å². The van der Waals surface area contributed by atoms with Crippen LogP contribution in [0.15, 0.2) is 0 Å². The summed E-state index contributed by atoms with van der Waals surface area (Å²) in [5, 5.41) is 0. The molecule has 240 valence electrons. The van der Waals surface area contributed by atoms with Gasteiger partial charge in [0.05, 0.1) is 26.9 Å². The van der Waals surface area contributed by atoms with E-state index in [-0.39, 0.29) is 6.10 Å². The van der Waals surface area contributed by atoms with Gasteiger partial charge < -0.3 is 18.7 Å². The molecular formula is C36H74NO3+. The van der Waals surface area contributed by atoms with Crippen LogP contribution in [0.5, 0.6) is 0 Å². The number of hydrogen-bond donors (Lipinski definition) is 0. The van der Waals surface area contributed by atoms with Crippen molar-refractivity contribution < 1.29 is 18.7 Å². The first-order valence-electron chi connectivity index (χ1n) is 18.3. The lowest BCUT2D eigenvalue weighted by molar-refractivity contribution is -0.919. The summed E-state index contributed by atoms with van der Waals surface area (Å²) in [6, 6.07) is 0. The second-order valence-corrected chi connectivity index (χ2v) is 13.2. The van der Waals surface area contributed by atoms with E-state index in [9.17, 15) is 0 Å². The molecule has 1 aliphatic rings. The fraction of sp³-hybridized carbons (Fsp3) is 1.00. The minimum atomic E-state index is 0.216. The van der Waals surface area contributed by atoms with Gasteiger partial charge in [-0.15, -0.1) is 0 Å². The highest BCUT2D eigenvalue weighted by Gasteiger charge is 2.29. The zero-order valence-electron chi connectivity index (χ0n) is 27.9. The first-order valence-corrected chi connectivity index (χ1v) is 18.3. The van der Waals surface area contributed by atoms with E-state index in [1.165, 1.54) is 154 Å². The van der Waals surface area contributed by atoms with Crippen LogP contribution in [0.4, 0.5) is 0 Å². The molecule has 0 bridgehead atoms. The topological polar surface area (TPSA) is 27.7 Å². The van der Waals surface area contributed by atoms with Gasteiger partial charge in [-0.05, 0) is 12.8 Å². The third kappa shape index (κ3) is 24.4. The zero-order valence-corrected chi connectivity index (χ0v) is 27.9. The molecule has 0 spiro atoms. The molecule has 4 heteroatoms. The predicted octanol–water partition coefficient (Wildman–Crippen LogP) is 10.3. The number of nitrogens with zero attached hydrogens (tertiary/aromatic N) is 1. The van der Waals surface area contributed by atoms with E-state index in [0.717, 1.165) is 57.2 Å². The van der Waals surface area contributed by atoms with E-state index >= 15 is 0 Å². The molecular weight excluding hydrogens is 494 g/mol. The standard InChI is InChI=1S/C36H74NO3/c1-4-6-8-10-12-14-16-18-20-22-24-26-30-39-35-36(34-37(3)28-32-38-33-29-37)40-31-27-25-23-21-19-17-15-13-11-9-7-5-2/h36H,4-35H2,1-3H3/q+1. The Morgan fingerprint density at radius 3 is 1.32 bits per heavy atom. The van der Waals surface area contributed by atoms with Crippen molar-refractivity contribution in [2.45, 2.75) is 174 Å². The molecule has 1 unspecified atom stereocenters. The maximum absolute atomic E-state index is 6.43. The Morgan fingerprint density at radius 2 is 0.900 bits per heavy atom. The van der Waals surface area contributed by atoms with Crippen LogP contribution in [-0.2, 0) is 14.2 Å². The highest BCUT2D eigenvalue weighted by Crippen LogP contribution is 2.15. The molecule has 0 aromatic rings. The van der Waals surface area contributed by atoms with Gasteiger partial charge in [-0.3, -0.25) is 0 Å². The molecule has 0 N–H and O–H groups in total. The van der Waals surface area contributed by atoms with Crippen molar-refractivity contribution in [3.05, 3.63) is 0 Å². The maximum Gasteiger partial charge on any atom is 0.130 e. The van der Waals surface area contributed by atoms with Crippen molar-refractivity contribution >= 4 is 0 Å². The molecule has 1 fully saturated rings. The zero-order chi connectivity index (χ0) is 28.8. The normalized spacial score (nSPS) is 16.0. The minimum Gasteiger partial charge on any atom is -0.379 e. The largest absolute Gasteiger partial charge is 0.379 e. The Balaban J connectivity index is 2.06. The summed E-state index contributed by atoms with van der Waals surface area (Å²) >= 11 is 0. The molecule has 1 rings (SSSR count). The van der Waals surface area contributed by atoms with Crippen LogP contribution in [0, 0.1) is 0 Å². The van der Waals surface area contributed by atoms with Crippen LogP contribution in [0.25, 0.3) is 0 Å². The Bertz CT molecular complexity index is 494. The summed E-state index contributed by atoms with van der Waals surface area (Å²) in [6.45, 7) is 12.1. The van der Waals surface area contributed by atoms with Gasteiger partial charge >= 0.3 is 0 Å². The molecule has 1 atom stereocenters. The van der Waals surface area contributed by atoms with E-state index in [4.69, 9.17) is 14.2 Å². The van der Waals surface area contributed by atoms with E-state index in [2.05, 4.69) is 20.9 Å². The Morgan fingerprint density at radius 1 is 0.525 bits per heavy atom. The second kappa shape index (κ2) is 28.9. The van der Waals surface area contributed by atoms with E-state index in [1.54, 1.807) is 0 Å². The molecule has 1 heterocycles. The average molecular weight is 569 g/mol. The number of morpholine rings is 1. The first kappa shape index (κ1) is 37.9. The smallest absolute Gasteiger partial charge is 0.130 e. The highest BCUT2D eigenvalue weighted by atomic mass is 16.5. The lowest BCUT2D eigenvalue weighted by Gasteiger charge is -2.39. The van der Waals surface area contributed by atoms with Crippen molar-refractivity contribution in [2.24, 2.45) is 0 Å². The van der Waals surface area contributed by atoms with Gasteiger partial charge in [0.25, 0.3) is 0 Å². The fourth-order valence-corrected chi connectivity index (χ4v) is 6.06. The van der Waals surface area contributed by atoms with Crippen molar-refractivity contribution in [1.82, 2.24) is 0 Å². The molecule has 0 aliphatic carbocycles. The molecule has 4 nitrogen and oxygen atoms in total. The molecule has 0 saturated carbocycles. The monoisotopic (exact) mass is 569 g/mol. The summed E-state index contributed by atoms with van der Waals surface area (Å²) in [5.74, 6) is 0. The van der Waals surface area contributed by atoms with Crippen LogP contribution >= 0.6 is 0 Å². The Hall–Kier alpha value is -0.160. The molecule has 0 amide bonds. The predicted molar refractivity (Wildman–Crippen MR) is 174 cm³/mol. The van der Waals surface area contributed by atoms with Crippen LogP contribution in [0.1, 0.15) is 168 Å². The van der Waals surface area contributed by atoms with Crippen molar-refractivity contribution in [2.75, 3.05) is 59.7 Å². The summed E-state index contributed by atoms with van der Waals surface area (Å²) in [6.07, 6.45) is 33.5. The van der Waals surface area contributed by atoms with Crippen LogP contribution in [0.3, 0.4) is 0 Å². The SMILES string of the molecule is CCCCCCCCCCCCCCOCC(C[N+]1(C)CCOCC1)OCCCCCCCCCCCCCC. The molecule has 1 saturated heterocycles. The fourth-order valence-electron chi connectivity index (χ4n) is 6.06. The lowest BCUT2D eigenvalue weighted by Crippen LogP contribution is -2.56. The Kier molecular flexibility index (Phi) is 27.4. The summed E-state index contributed by atoms with van der Waals surface area (Å²) in [7, 11) is 2.37. The Labute approximate surface area is 252 Å². The third-order valence-electron chi connectivity index (χ3n) is 8.99. The minimum absolute atomic E-state index is 0.216. The summed E-state index contributed by atoms with van der Waals surface area (Å²) < 4.78 is 19.3. The number of rotatable bonds is 31.